The first-order valence-corrected chi connectivity index (χ1v) is 8.85. The van der Waals surface area contributed by atoms with Crippen molar-refractivity contribution in [1.82, 2.24) is 10.3 Å². The largest absolute Gasteiger partial charge is 0.323 e. The molecule has 3 heterocycles. The molecule has 25 heavy (non-hydrogen) atoms. The number of hydrogen-bond donors (Lipinski definition) is 2. The average Bonchev–Trinajstić information content (AvgIpc) is 2.73. The fourth-order valence-electron chi connectivity index (χ4n) is 3.46. The number of halogens is 1. The summed E-state index contributed by atoms with van der Waals surface area (Å²) in [5, 5.41) is 7.00. The Bertz CT molecular complexity index is 829. The summed E-state index contributed by atoms with van der Waals surface area (Å²) in [5.74, 6) is -0.0337. The molecule has 0 bridgehead atoms. The van der Waals surface area contributed by atoms with Gasteiger partial charge in [0.1, 0.15) is 5.54 Å². The number of anilines is 1. The van der Waals surface area contributed by atoms with Gasteiger partial charge in [-0.25, -0.2) is 0 Å². The maximum atomic E-state index is 12.9. The van der Waals surface area contributed by atoms with Crippen molar-refractivity contribution in [2.24, 2.45) is 4.99 Å². The quantitative estimate of drug-likeness (QED) is 0.871. The van der Waals surface area contributed by atoms with Crippen LogP contribution >= 0.6 is 11.6 Å². The first-order valence-electron chi connectivity index (χ1n) is 8.47. The van der Waals surface area contributed by atoms with Crippen molar-refractivity contribution in [3.63, 3.8) is 0 Å². The molecular formula is C19H19ClN4O. The summed E-state index contributed by atoms with van der Waals surface area (Å²) >= 11 is 6.22. The van der Waals surface area contributed by atoms with Gasteiger partial charge in [-0.05, 0) is 56.3 Å². The lowest BCUT2D eigenvalue weighted by Gasteiger charge is -2.32. The van der Waals surface area contributed by atoms with E-state index in [9.17, 15) is 4.79 Å². The molecule has 2 aromatic rings. The van der Waals surface area contributed by atoms with Crippen LogP contribution in [-0.4, -0.2) is 35.2 Å². The van der Waals surface area contributed by atoms with E-state index in [-0.39, 0.29) is 5.91 Å². The zero-order valence-corrected chi connectivity index (χ0v) is 14.5. The number of nitrogens with one attached hydrogen (secondary N) is 2. The minimum Gasteiger partial charge on any atom is -0.323 e. The summed E-state index contributed by atoms with van der Waals surface area (Å²) in [6, 6.07) is 11.3. The number of rotatable bonds is 2. The van der Waals surface area contributed by atoms with Crippen LogP contribution in [0.3, 0.4) is 0 Å². The number of amides is 1. The van der Waals surface area contributed by atoms with Crippen molar-refractivity contribution in [3.8, 4) is 0 Å². The number of fused-ring (bicyclic) bond motifs is 1. The maximum Gasteiger partial charge on any atom is 0.252 e. The Balaban J connectivity index is 1.83. The van der Waals surface area contributed by atoms with Gasteiger partial charge in [-0.2, -0.15) is 0 Å². The molecule has 0 atom stereocenters. The molecule has 4 rings (SSSR count). The lowest BCUT2D eigenvalue weighted by molar-refractivity contribution is -0.121. The summed E-state index contributed by atoms with van der Waals surface area (Å²) in [4.78, 5) is 22.4. The maximum absolute atomic E-state index is 12.9. The van der Waals surface area contributed by atoms with Gasteiger partial charge >= 0.3 is 0 Å². The van der Waals surface area contributed by atoms with Crippen molar-refractivity contribution < 1.29 is 4.79 Å². The Morgan fingerprint density at radius 2 is 2.00 bits per heavy atom. The highest BCUT2D eigenvalue weighted by Gasteiger charge is 2.41. The van der Waals surface area contributed by atoms with Crippen molar-refractivity contribution in [2.75, 3.05) is 18.4 Å². The first kappa shape index (κ1) is 16.2. The molecule has 5 nitrogen and oxygen atoms in total. The van der Waals surface area contributed by atoms with E-state index in [1.807, 2.05) is 30.3 Å². The summed E-state index contributed by atoms with van der Waals surface area (Å²) in [5.41, 5.74) is 2.70. The summed E-state index contributed by atoms with van der Waals surface area (Å²) < 4.78 is 0. The number of aromatic nitrogens is 1. The van der Waals surface area contributed by atoms with Gasteiger partial charge in [0.05, 0.1) is 5.71 Å². The molecule has 0 aliphatic carbocycles. The van der Waals surface area contributed by atoms with Crippen LogP contribution in [-0.2, 0) is 11.2 Å². The smallest absolute Gasteiger partial charge is 0.252 e. The van der Waals surface area contributed by atoms with Crippen LogP contribution in [0.4, 0.5) is 5.69 Å². The van der Waals surface area contributed by atoms with E-state index < -0.39 is 5.54 Å². The highest BCUT2D eigenvalue weighted by molar-refractivity contribution is 6.31. The molecule has 1 saturated heterocycles. The van der Waals surface area contributed by atoms with Crippen LogP contribution < -0.4 is 10.6 Å². The molecule has 2 N–H and O–H groups in total. The predicted molar refractivity (Wildman–Crippen MR) is 99.4 cm³/mol. The Labute approximate surface area is 151 Å². The second-order valence-electron chi connectivity index (χ2n) is 6.48. The van der Waals surface area contributed by atoms with Crippen molar-refractivity contribution in [3.05, 3.63) is 58.9 Å². The van der Waals surface area contributed by atoms with Gasteiger partial charge in [-0.1, -0.05) is 17.7 Å². The van der Waals surface area contributed by atoms with Crippen LogP contribution in [0, 0.1) is 0 Å². The topological polar surface area (TPSA) is 66.4 Å². The Morgan fingerprint density at radius 3 is 2.76 bits per heavy atom. The molecule has 2 aliphatic heterocycles. The average molecular weight is 355 g/mol. The number of benzene rings is 1. The van der Waals surface area contributed by atoms with E-state index in [0.29, 0.717) is 24.3 Å². The van der Waals surface area contributed by atoms with Crippen LogP contribution in [0.2, 0.25) is 5.02 Å². The standard InChI is InChI=1S/C19H19ClN4O/c20-13-4-5-16-15(11-13)17(12-14-3-1-2-8-22-14)24-19(18(25)23-16)6-9-21-10-7-19/h1-5,8,11,21H,6-7,9-10,12H2,(H,23,25). The lowest BCUT2D eigenvalue weighted by Crippen LogP contribution is -2.49. The molecule has 1 aromatic carbocycles. The number of hydrogen-bond acceptors (Lipinski definition) is 4. The lowest BCUT2D eigenvalue weighted by atomic mass is 9.88. The Morgan fingerprint density at radius 1 is 1.16 bits per heavy atom. The highest BCUT2D eigenvalue weighted by atomic mass is 35.5. The van der Waals surface area contributed by atoms with Crippen LogP contribution in [0.1, 0.15) is 24.1 Å². The van der Waals surface area contributed by atoms with E-state index in [4.69, 9.17) is 16.6 Å². The summed E-state index contributed by atoms with van der Waals surface area (Å²) in [6.45, 7) is 1.57. The van der Waals surface area contributed by atoms with Crippen molar-refractivity contribution in [2.45, 2.75) is 24.8 Å². The third kappa shape index (κ3) is 3.17. The normalized spacial score (nSPS) is 18.9. The molecular weight excluding hydrogens is 336 g/mol. The molecule has 1 spiro atoms. The molecule has 0 unspecified atom stereocenters. The minimum absolute atomic E-state index is 0.0337. The van der Waals surface area contributed by atoms with Crippen molar-refractivity contribution >= 4 is 28.9 Å². The molecule has 128 valence electrons. The highest BCUT2D eigenvalue weighted by Crippen LogP contribution is 2.33. The molecule has 6 heteroatoms. The van der Waals surface area contributed by atoms with Gasteiger partial charge in [0, 0.05) is 34.6 Å². The van der Waals surface area contributed by atoms with Gasteiger partial charge in [-0.3, -0.25) is 14.8 Å². The number of nitrogens with zero attached hydrogens (tertiary/aromatic N) is 2. The van der Waals surface area contributed by atoms with Gasteiger partial charge in [0.2, 0.25) is 0 Å². The van der Waals surface area contributed by atoms with E-state index in [2.05, 4.69) is 15.6 Å². The van der Waals surface area contributed by atoms with Gasteiger partial charge in [-0.15, -0.1) is 0 Å². The van der Waals surface area contributed by atoms with Gasteiger partial charge in [0.15, 0.2) is 0 Å². The second-order valence-corrected chi connectivity index (χ2v) is 6.92. The Hall–Kier alpha value is -2.24. The SMILES string of the molecule is O=C1Nc2ccc(Cl)cc2C(Cc2ccccn2)=NC12CCNCC2. The number of pyridine rings is 1. The van der Waals surface area contributed by atoms with Crippen molar-refractivity contribution in [1.29, 1.82) is 0 Å². The first-order chi connectivity index (χ1) is 12.2. The van der Waals surface area contributed by atoms with Gasteiger partial charge < -0.3 is 10.6 Å². The summed E-state index contributed by atoms with van der Waals surface area (Å²) in [7, 11) is 0. The monoisotopic (exact) mass is 354 g/mol. The fraction of sp³-hybridized carbons (Fsp3) is 0.316. The predicted octanol–water partition coefficient (Wildman–Crippen LogP) is 2.84. The molecule has 1 amide bonds. The zero-order valence-electron chi connectivity index (χ0n) is 13.8. The zero-order chi connectivity index (χ0) is 17.3. The molecule has 0 saturated carbocycles. The number of carbonyl (C=O) groups excluding carboxylic acids is 1. The second kappa shape index (κ2) is 6.58. The van der Waals surface area contributed by atoms with Crippen LogP contribution in [0.5, 0.6) is 0 Å². The summed E-state index contributed by atoms with van der Waals surface area (Å²) in [6.07, 6.45) is 3.71. The van der Waals surface area contributed by atoms with Crippen LogP contribution in [0.15, 0.2) is 47.6 Å². The number of carbonyl (C=O) groups is 1. The molecule has 0 radical (unpaired) electrons. The van der Waals surface area contributed by atoms with Crippen LogP contribution in [0.25, 0.3) is 0 Å². The number of piperidine rings is 1. The Kier molecular flexibility index (Phi) is 4.27. The van der Waals surface area contributed by atoms with Gasteiger partial charge in [0.25, 0.3) is 5.91 Å². The molecule has 1 fully saturated rings. The molecule has 1 aromatic heterocycles. The minimum atomic E-state index is -0.721. The van der Waals surface area contributed by atoms with E-state index in [0.717, 1.165) is 35.7 Å². The third-order valence-electron chi connectivity index (χ3n) is 4.82. The fourth-order valence-corrected chi connectivity index (χ4v) is 3.63. The van der Waals surface area contributed by atoms with E-state index in [1.54, 1.807) is 12.3 Å². The van der Waals surface area contributed by atoms with E-state index >= 15 is 0 Å². The number of aliphatic imine (C=N–C) groups is 1. The molecule has 2 aliphatic rings. The third-order valence-corrected chi connectivity index (χ3v) is 5.05. The van der Waals surface area contributed by atoms with E-state index in [1.165, 1.54) is 0 Å².